The van der Waals surface area contributed by atoms with Crippen molar-refractivity contribution in [1.29, 1.82) is 0 Å². The van der Waals surface area contributed by atoms with Gasteiger partial charge < -0.3 is 14.5 Å². The van der Waals surface area contributed by atoms with Crippen molar-refractivity contribution in [2.75, 3.05) is 12.9 Å². The molecule has 2 aromatic heterocycles. The fourth-order valence-corrected chi connectivity index (χ4v) is 2.82. The molecule has 0 fully saturated rings. The van der Waals surface area contributed by atoms with Gasteiger partial charge in [-0.2, -0.15) is 0 Å². The van der Waals surface area contributed by atoms with E-state index in [4.69, 9.17) is 9.15 Å². The number of thioether (sulfide) groups is 1. The van der Waals surface area contributed by atoms with Gasteiger partial charge in [-0.25, -0.2) is 0 Å². The lowest BCUT2D eigenvalue weighted by atomic mass is 10.1. The molecule has 0 aliphatic carbocycles. The van der Waals surface area contributed by atoms with Gasteiger partial charge in [0, 0.05) is 18.0 Å². The Kier molecular flexibility index (Phi) is 5.85. The topological polar surface area (TPSA) is 90.1 Å². The van der Waals surface area contributed by atoms with Crippen molar-refractivity contribution in [3.63, 3.8) is 0 Å². The summed E-state index contributed by atoms with van der Waals surface area (Å²) in [4.78, 5) is 16.1. The standard InChI is InChI=1S/C18H18N4O3S/c1-12(14-4-3-9-19-10-14)20-16(23)11-26-18-22-21-17(25-18)13-5-7-15(24-2)8-6-13/h3-10,12H,11H2,1-2H3,(H,20,23). The van der Waals surface area contributed by atoms with E-state index in [1.165, 1.54) is 11.8 Å². The molecule has 2 heterocycles. The quantitative estimate of drug-likeness (QED) is 0.639. The molecule has 0 aliphatic rings. The Morgan fingerprint density at radius 1 is 1.27 bits per heavy atom. The van der Waals surface area contributed by atoms with Crippen LogP contribution < -0.4 is 10.1 Å². The van der Waals surface area contributed by atoms with Crippen LogP contribution in [0.4, 0.5) is 0 Å². The zero-order chi connectivity index (χ0) is 18.4. The summed E-state index contributed by atoms with van der Waals surface area (Å²) in [7, 11) is 1.61. The average molecular weight is 370 g/mol. The van der Waals surface area contributed by atoms with E-state index in [1.807, 2.05) is 43.3 Å². The van der Waals surface area contributed by atoms with E-state index in [-0.39, 0.29) is 17.7 Å². The third-order valence-electron chi connectivity index (χ3n) is 3.63. The SMILES string of the molecule is COc1ccc(-c2nnc(SCC(=O)NC(C)c3cccnc3)o2)cc1. The number of carbonyl (C=O) groups is 1. The van der Waals surface area contributed by atoms with E-state index in [2.05, 4.69) is 20.5 Å². The molecule has 0 bridgehead atoms. The minimum absolute atomic E-state index is 0.115. The van der Waals surface area contributed by atoms with Crippen LogP contribution in [0.2, 0.25) is 0 Å². The molecule has 8 heteroatoms. The largest absolute Gasteiger partial charge is 0.497 e. The van der Waals surface area contributed by atoms with Crippen molar-refractivity contribution in [3.8, 4) is 17.2 Å². The average Bonchev–Trinajstić information content (AvgIpc) is 3.16. The molecular formula is C18H18N4O3S. The predicted molar refractivity (Wildman–Crippen MR) is 97.8 cm³/mol. The molecule has 0 saturated carbocycles. The number of aromatic nitrogens is 3. The first-order chi connectivity index (χ1) is 12.7. The second kappa shape index (κ2) is 8.48. The molecule has 0 aliphatic heterocycles. The number of amides is 1. The van der Waals surface area contributed by atoms with Crippen LogP contribution in [-0.4, -0.2) is 34.0 Å². The number of rotatable bonds is 7. The Labute approximate surface area is 155 Å². The summed E-state index contributed by atoms with van der Waals surface area (Å²) in [5.74, 6) is 1.23. The molecular weight excluding hydrogens is 352 g/mol. The maximum Gasteiger partial charge on any atom is 0.277 e. The summed E-state index contributed by atoms with van der Waals surface area (Å²) in [5, 5.41) is 11.2. The minimum Gasteiger partial charge on any atom is -0.497 e. The van der Waals surface area contributed by atoms with Crippen molar-refractivity contribution in [1.82, 2.24) is 20.5 Å². The third kappa shape index (κ3) is 4.60. The first kappa shape index (κ1) is 17.9. The number of pyridine rings is 1. The Morgan fingerprint density at radius 2 is 2.08 bits per heavy atom. The van der Waals surface area contributed by atoms with Crippen LogP contribution in [0.15, 0.2) is 58.4 Å². The van der Waals surface area contributed by atoms with Crippen LogP contribution in [0.1, 0.15) is 18.5 Å². The van der Waals surface area contributed by atoms with Gasteiger partial charge in [-0.05, 0) is 42.8 Å². The van der Waals surface area contributed by atoms with Gasteiger partial charge >= 0.3 is 0 Å². The smallest absolute Gasteiger partial charge is 0.277 e. The van der Waals surface area contributed by atoms with Gasteiger partial charge in [-0.1, -0.05) is 17.8 Å². The van der Waals surface area contributed by atoms with Gasteiger partial charge in [0.15, 0.2) is 0 Å². The molecule has 1 N–H and O–H groups in total. The number of hydrogen-bond donors (Lipinski definition) is 1. The van der Waals surface area contributed by atoms with Crippen molar-refractivity contribution in [2.45, 2.75) is 18.2 Å². The Balaban J connectivity index is 1.53. The van der Waals surface area contributed by atoms with Crippen LogP contribution in [0.3, 0.4) is 0 Å². The van der Waals surface area contributed by atoms with Gasteiger partial charge in [-0.3, -0.25) is 9.78 Å². The molecule has 26 heavy (non-hydrogen) atoms. The van der Waals surface area contributed by atoms with E-state index in [0.717, 1.165) is 16.9 Å². The van der Waals surface area contributed by atoms with E-state index in [9.17, 15) is 4.79 Å². The van der Waals surface area contributed by atoms with E-state index >= 15 is 0 Å². The zero-order valence-corrected chi connectivity index (χ0v) is 15.2. The highest BCUT2D eigenvalue weighted by Gasteiger charge is 2.13. The molecule has 3 aromatic rings. The molecule has 0 spiro atoms. The highest BCUT2D eigenvalue weighted by molar-refractivity contribution is 7.99. The van der Waals surface area contributed by atoms with Crippen molar-refractivity contribution in [2.24, 2.45) is 0 Å². The number of ether oxygens (including phenoxy) is 1. The van der Waals surface area contributed by atoms with Gasteiger partial charge in [0.25, 0.3) is 5.22 Å². The number of hydrogen-bond acceptors (Lipinski definition) is 7. The number of nitrogens with zero attached hydrogens (tertiary/aromatic N) is 3. The summed E-state index contributed by atoms with van der Waals surface area (Å²) < 4.78 is 10.7. The summed E-state index contributed by atoms with van der Waals surface area (Å²) in [6.07, 6.45) is 3.43. The van der Waals surface area contributed by atoms with Gasteiger partial charge in [0.1, 0.15) is 5.75 Å². The molecule has 1 amide bonds. The first-order valence-corrected chi connectivity index (χ1v) is 8.94. The molecule has 0 saturated heterocycles. The van der Waals surface area contributed by atoms with E-state index in [0.29, 0.717) is 11.1 Å². The Hall–Kier alpha value is -2.87. The third-order valence-corrected chi connectivity index (χ3v) is 4.45. The van der Waals surface area contributed by atoms with Crippen molar-refractivity contribution < 1.29 is 13.9 Å². The zero-order valence-electron chi connectivity index (χ0n) is 14.4. The van der Waals surface area contributed by atoms with Gasteiger partial charge in [0.2, 0.25) is 11.8 Å². The van der Waals surface area contributed by atoms with Crippen LogP contribution in [0.25, 0.3) is 11.5 Å². The molecule has 7 nitrogen and oxygen atoms in total. The van der Waals surface area contributed by atoms with Gasteiger partial charge in [-0.15, -0.1) is 10.2 Å². The fraction of sp³-hybridized carbons (Fsp3) is 0.222. The van der Waals surface area contributed by atoms with Crippen molar-refractivity contribution >= 4 is 17.7 Å². The maximum absolute atomic E-state index is 12.1. The molecule has 134 valence electrons. The second-order valence-electron chi connectivity index (χ2n) is 5.47. The van der Waals surface area contributed by atoms with Crippen LogP contribution in [0, 0.1) is 0 Å². The van der Waals surface area contributed by atoms with Crippen LogP contribution in [-0.2, 0) is 4.79 Å². The lowest BCUT2D eigenvalue weighted by Crippen LogP contribution is -2.28. The molecule has 1 unspecified atom stereocenters. The number of nitrogens with one attached hydrogen (secondary N) is 1. The summed E-state index contributed by atoms with van der Waals surface area (Å²) in [6, 6.07) is 11.0. The minimum atomic E-state index is -0.116. The summed E-state index contributed by atoms with van der Waals surface area (Å²) in [5.41, 5.74) is 1.74. The predicted octanol–water partition coefficient (Wildman–Crippen LogP) is 3.11. The molecule has 3 rings (SSSR count). The number of methoxy groups -OCH3 is 1. The molecule has 1 atom stereocenters. The summed E-state index contributed by atoms with van der Waals surface area (Å²) in [6.45, 7) is 1.91. The fourth-order valence-electron chi connectivity index (χ4n) is 2.24. The Morgan fingerprint density at radius 3 is 2.77 bits per heavy atom. The maximum atomic E-state index is 12.1. The first-order valence-electron chi connectivity index (χ1n) is 7.95. The van der Waals surface area contributed by atoms with E-state index < -0.39 is 0 Å². The molecule has 1 aromatic carbocycles. The lowest BCUT2D eigenvalue weighted by Gasteiger charge is -2.13. The second-order valence-corrected chi connectivity index (χ2v) is 6.39. The van der Waals surface area contributed by atoms with Crippen molar-refractivity contribution in [3.05, 3.63) is 54.4 Å². The number of benzene rings is 1. The monoisotopic (exact) mass is 370 g/mol. The normalized spacial score (nSPS) is 11.8. The molecule has 0 radical (unpaired) electrons. The number of carbonyl (C=O) groups excluding carboxylic acids is 1. The highest BCUT2D eigenvalue weighted by Crippen LogP contribution is 2.24. The lowest BCUT2D eigenvalue weighted by molar-refractivity contribution is -0.119. The summed E-state index contributed by atoms with van der Waals surface area (Å²) >= 11 is 1.20. The van der Waals surface area contributed by atoms with E-state index in [1.54, 1.807) is 19.5 Å². The van der Waals surface area contributed by atoms with Crippen LogP contribution in [0.5, 0.6) is 5.75 Å². The van der Waals surface area contributed by atoms with Gasteiger partial charge in [0.05, 0.1) is 18.9 Å². The Bertz CT molecular complexity index is 852. The highest BCUT2D eigenvalue weighted by atomic mass is 32.2. The van der Waals surface area contributed by atoms with Crippen LogP contribution >= 0.6 is 11.8 Å².